The van der Waals surface area contributed by atoms with Crippen LogP contribution in [0.25, 0.3) is 0 Å². The van der Waals surface area contributed by atoms with Crippen molar-refractivity contribution in [3.05, 3.63) is 29.8 Å². The Labute approximate surface area is 104 Å². The lowest BCUT2D eigenvalue weighted by molar-refractivity contribution is 0.446. The number of hydrogen-bond donors (Lipinski definition) is 2. The van der Waals surface area contributed by atoms with Gasteiger partial charge in [-0.05, 0) is 25.1 Å². The summed E-state index contributed by atoms with van der Waals surface area (Å²) in [4.78, 5) is -0.392. The van der Waals surface area contributed by atoms with Crippen molar-refractivity contribution >= 4 is 15.9 Å². The Morgan fingerprint density at radius 3 is 2.39 bits per heavy atom. The molecule has 0 aromatic heterocycles. The van der Waals surface area contributed by atoms with E-state index >= 15 is 0 Å². The van der Waals surface area contributed by atoms with Crippen LogP contribution >= 0.6 is 0 Å². The second-order valence-corrected chi connectivity index (χ2v) is 5.73. The molecule has 8 heteroatoms. The van der Waals surface area contributed by atoms with E-state index in [-0.39, 0.29) is 5.84 Å². The van der Waals surface area contributed by atoms with Crippen molar-refractivity contribution in [2.75, 3.05) is 7.05 Å². The first-order chi connectivity index (χ1) is 8.17. The van der Waals surface area contributed by atoms with Crippen LogP contribution in [0.5, 0.6) is 0 Å². The lowest BCUT2D eigenvalue weighted by Crippen LogP contribution is -2.43. The monoisotopic (exact) mass is 277 g/mol. The Morgan fingerprint density at radius 2 is 1.94 bits per heavy atom. The molecule has 3 N–H and O–H groups in total. The molecule has 0 aliphatic heterocycles. The van der Waals surface area contributed by atoms with E-state index in [2.05, 4.69) is 0 Å². The topological polar surface area (TPSA) is 87.2 Å². The number of rotatable bonds is 4. The standard InChI is InChI=1S/C10H13F2N3O2S/c1-6(10(13)14)15(2)18(16,17)7-3-4-8(11)9(12)5-7/h3-6H,1-2H3,(H3,13,14). The molecule has 100 valence electrons. The number of likely N-dealkylation sites (N-methyl/N-ethyl adjacent to an activating group) is 1. The second kappa shape index (κ2) is 4.99. The molecule has 0 saturated carbocycles. The summed E-state index contributed by atoms with van der Waals surface area (Å²) in [6, 6.07) is 1.41. The fraction of sp³-hybridized carbons (Fsp3) is 0.300. The van der Waals surface area contributed by atoms with Gasteiger partial charge in [0.2, 0.25) is 10.0 Å². The number of amidine groups is 1. The normalized spacial score (nSPS) is 13.6. The molecule has 0 fully saturated rings. The van der Waals surface area contributed by atoms with E-state index in [9.17, 15) is 17.2 Å². The highest BCUT2D eigenvalue weighted by Crippen LogP contribution is 2.18. The minimum absolute atomic E-state index is 0.344. The molecule has 1 aromatic carbocycles. The highest BCUT2D eigenvalue weighted by molar-refractivity contribution is 7.89. The van der Waals surface area contributed by atoms with Gasteiger partial charge in [0.15, 0.2) is 11.6 Å². The summed E-state index contributed by atoms with van der Waals surface area (Å²) in [5, 5.41) is 7.19. The van der Waals surface area contributed by atoms with Gasteiger partial charge in [-0.1, -0.05) is 0 Å². The smallest absolute Gasteiger partial charge is 0.243 e. The second-order valence-electron chi connectivity index (χ2n) is 3.73. The van der Waals surface area contributed by atoms with E-state index in [1.807, 2.05) is 0 Å². The highest BCUT2D eigenvalue weighted by atomic mass is 32.2. The Bertz CT molecular complexity index is 574. The number of nitrogens with zero attached hydrogens (tertiary/aromatic N) is 1. The van der Waals surface area contributed by atoms with E-state index in [1.54, 1.807) is 0 Å². The zero-order chi connectivity index (χ0) is 14.1. The van der Waals surface area contributed by atoms with Crippen molar-refractivity contribution < 1.29 is 17.2 Å². The quantitative estimate of drug-likeness (QED) is 0.633. The maximum Gasteiger partial charge on any atom is 0.243 e. The summed E-state index contributed by atoms with van der Waals surface area (Å²) in [5.41, 5.74) is 5.21. The van der Waals surface area contributed by atoms with Gasteiger partial charge in [0.1, 0.15) is 5.84 Å². The molecular weight excluding hydrogens is 264 g/mol. The van der Waals surface area contributed by atoms with Crippen LogP contribution in [0.3, 0.4) is 0 Å². The van der Waals surface area contributed by atoms with Crippen LogP contribution < -0.4 is 5.73 Å². The minimum Gasteiger partial charge on any atom is -0.386 e. The first-order valence-electron chi connectivity index (χ1n) is 4.95. The van der Waals surface area contributed by atoms with Gasteiger partial charge in [0.05, 0.1) is 10.9 Å². The first-order valence-corrected chi connectivity index (χ1v) is 6.39. The fourth-order valence-corrected chi connectivity index (χ4v) is 2.56. The number of benzene rings is 1. The molecule has 0 aliphatic rings. The van der Waals surface area contributed by atoms with Crippen LogP contribution in [0, 0.1) is 17.0 Å². The highest BCUT2D eigenvalue weighted by Gasteiger charge is 2.27. The molecule has 1 rings (SSSR count). The van der Waals surface area contributed by atoms with Gasteiger partial charge in [0, 0.05) is 7.05 Å². The molecule has 5 nitrogen and oxygen atoms in total. The van der Waals surface area contributed by atoms with Gasteiger partial charge in [-0.3, -0.25) is 5.41 Å². The van der Waals surface area contributed by atoms with Crippen LogP contribution in [0.2, 0.25) is 0 Å². The van der Waals surface area contributed by atoms with Crippen molar-refractivity contribution in [1.82, 2.24) is 4.31 Å². The zero-order valence-electron chi connectivity index (χ0n) is 9.81. The molecule has 0 saturated heterocycles. The van der Waals surface area contributed by atoms with Crippen LogP contribution in [-0.2, 0) is 10.0 Å². The predicted octanol–water partition coefficient (Wildman–Crippen LogP) is 0.910. The third-order valence-electron chi connectivity index (χ3n) is 2.56. The minimum atomic E-state index is -4.02. The van der Waals surface area contributed by atoms with Gasteiger partial charge in [0.25, 0.3) is 0 Å². The summed E-state index contributed by atoms with van der Waals surface area (Å²) >= 11 is 0. The predicted molar refractivity (Wildman–Crippen MR) is 62.7 cm³/mol. The first kappa shape index (κ1) is 14.5. The molecule has 1 unspecified atom stereocenters. The Balaban J connectivity index is 3.21. The van der Waals surface area contributed by atoms with Crippen LogP contribution in [0.15, 0.2) is 23.1 Å². The van der Waals surface area contributed by atoms with Crippen LogP contribution in [0.1, 0.15) is 6.92 Å². The van der Waals surface area contributed by atoms with Crippen molar-refractivity contribution in [1.29, 1.82) is 5.41 Å². The van der Waals surface area contributed by atoms with Crippen LogP contribution in [0.4, 0.5) is 8.78 Å². The molecule has 0 aliphatic carbocycles. The SMILES string of the molecule is CC(C(=N)N)N(C)S(=O)(=O)c1ccc(F)c(F)c1. The van der Waals surface area contributed by atoms with Crippen molar-refractivity contribution in [3.63, 3.8) is 0 Å². The lowest BCUT2D eigenvalue weighted by atomic mass is 10.3. The molecule has 0 heterocycles. The molecule has 0 bridgehead atoms. The zero-order valence-corrected chi connectivity index (χ0v) is 10.6. The van der Waals surface area contributed by atoms with Crippen LogP contribution in [-0.4, -0.2) is 31.6 Å². The van der Waals surface area contributed by atoms with Crippen molar-refractivity contribution in [2.45, 2.75) is 17.9 Å². The fourth-order valence-electron chi connectivity index (χ4n) is 1.21. The summed E-state index contributed by atoms with van der Waals surface area (Å²) < 4.78 is 50.6. The molecule has 1 atom stereocenters. The average Bonchev–Trinajstić information content (AvgIpc) is 2.30. The van der Waals surface area contributed by atoms with E-state index in [0.717, 1.165) is 16.4 Å². The maximum atomic E-state index is 13.0. The van der Waals surface area contributed by atoms with Gasteiger partial charge in [-0.2, -0.15) is 4.31 Å². The molecule has 0 amide bonds. The molecule has 18 heavy (non-hydrogen) atoms. The summed E-state index contributed by atoms with van der Waals surface area (Å²) in [5.74, 6) is -2.72. The van der Waals surface area contributed by atoms with E-state index in [0.29, 0.717) is 6.07 Å². The van der Waals surface area contributed by atoms with E-state index in [4.69, 9.17) is 11.1 Å². The molecule has 1 aromatic rings. The Hall–Kier alpha value is -1.54. The van der Waals surface area contributed by atoms with Gasteiger partial charge in [-0.15, -0.1) is 0 Å². The van der Waals surface area contributed by atoms with Gasteiger partial charge >= 0.3 is 0 Å². The number of nitrogens with two attached hydrogens (primary N) is 1. The third-order valence-corrected chi connectivity index (χ3v) is 4.49. The number of halogens is 2. The van der Waals surface area contributed by atoms with E-state index in [1.165, 1.54) is 14.0 Å². The van der Waals surface area contributed by atoms with Crippen molar-refractivity contribution in [2.24, 2.45) is 5.73 Å². The van der Waals surface area contributed by atoms with Gasteiger partial charge in [-0.25, -0.2) is 17.2 Å². The molecule has 0 spiro atoms. The number of nitrogens with one attached hydrogen (secondary N) is 1. The maximum absolute atomic E-state index is 13.0. The van der Waals surface area contributed by atoms with E-state index < -0.39 is 32.6 Å². The average molecular weight is 277 g/mol. The Kier molecular flexibility index (Phi) is 4.02. The molecular formula is C10H13F2N3O2S. The summed E-state index contributed by atoms with van der Waals surface area (Å²) in [6.07, 6.45) is 0. The summed E-state index contributed by atoms with van der Waals surface area (Å²) in [7, 11) is -2.81. The largest absolute Gasteiger partial charge is 0.386 e. The van der Waals surface area contributed by atoms with Gasteiger partial charge < -0.3 is 5.73 Å². The van der Waals surface area contributed by atoms with Crippen molar-refractivity contribution in [3.8, 4) is 0 Å². The molecule has 0 radical (unpaired) electrons. The lowest BCUT2D eigenvalue weighted by Gasteiger charge is -2.23. The third kappa shape index (κ3) is 2.65. The summed E-state index contributed by atoms with van der Waals surface area (Å²) in [6.45, 7) is 1.42. The Morgan fingerprint density at radius 1 is 1.39 bits per heavy atom. The number of sulfonamides is 1. The number of hydrogen-bond acceptors (Lipinski definition) is 3.